The van der Waals surface area contributed by atoms with E-state index in [2.05, 4.69) is 15.9 Å². The third-order valence-electron chi connectivity index (χ3n) is 4.65. The number of amides is 2. The maximum Gasteiger partial charge on any atom is 0.293 e. The van der Waals surface area contributed by atoms with Gasteiger partial charge >= 0.3 is 0 Å². The molecule has 1 heterocycles. The fourth-order valence-corrected chi connectivity index (χ4v) is 4.52. The maximum absolute atomic E-state index is 12.9. The van der Waals surface area contributed by atoms with Crippen molar-refractivity contribution in [2.24, 2.45) is 0 Å². The highest BCUT2D eigenvalue weighted by molar-refractivity contribution is 9.10. The van der Waals surface area contributed by atoms with Gasteiger partial charge in [0.1, 0.15) is 0 Å². The summed E-state index contributed by atoms with van der Waals surface area (Å²) in [5.74, 6) is -0.0783. The van der Waals surface area contributed by atoms with Crippen LogP contribution in [0.5, 0.6) is 11.5 Å². The predicted molar refractivity (Wildman–Crippen MR) is 118 cm³/mol. The summed E-state index contributed by atoms with van der Waals surface area (Å²) >= 11 is 4.17. The SMILES string of the molecule is COc1cc(/C=C2\SC(=O)N(Cc3cccc4ccccc34)C2=O)cc(Br)c1O. The van der Waals surface area contributed by atoms with Crippen molar-refractivity contribution in [1.29, 1.82) is 0 Å². The number of hydrogen-bond donors (Lipinski definition) is 1. The lowest BCUT2D eigenvalue weighted by Gasteiger charge is -2.14. The lowest BCUT2D eigenvalue weighted by Crippen LogP contribution is -2.27. The van der Waals surface area contributed by atoms with Crippen molar-refractivity contribution in [1.82, 2.24) is 4.90 Å². The van der Waals surface area contributed by atoms with Crippen LogP contribution in [0.3, 0.4) is 0 Å². The molecule has 1 N–H and O–H groups in total. The largest absolute Gasteiger partial charge is 0.503 e. The van der Waals surface area contributed by atoms with Crippen LogP contribution in [-0.4, -0.2) is 28.3 Å². The minimum absolute atomic E-state index is 0.0197. The van der Waals surface area contributed by atoms with E-state index < -0.39 is 0 Å². The van der Waals surface area contributed by atoms with Gasteiger partial charge in [-0.1, -0.05) is 42.5 Å². The molecule has 0 saturated carbocycles. The second-order valence-corrected chi connectivity index (χ2v) is 8.31. The highest BCUT2D eigenvalue weighted by Crippen LogP contribution is 2.38. The average Bonchev–Trinajstić information content (AvgIpc) is 2.98. The predicted octanol–water partition coefficient (Wildman–Crippen LogP) is 5.55. The molecule has 5 nitrogen and oxygen atoms in total. The second-order valence-electron chi connectivity index (χ2n) is 6.46. The van der Waals surface area contributed by atoms with E-state index in [9.17, 15) is 14.7 Å². The maximum atomic E-state index is 12.9. The highest BCUT2D eigenvalue weighted by atomic mass is 79.9. The van der Waals surface area contributed by atoms with E-state index in [4.69, 9.17) is 4.74 Å². The van der Waals surface area contributed by atoms with E-state index in [1.54, 1.807) is 18.2 Å². The first-order valence-electron chi connectivity index (χ1n) is 8.76. The molecule has 1 aliphatic rings. The Balaban J connectivity index is 1.64. The molecular formula is C22H16BrNO4S. The molecule has 3 aromatic carbocycles. The van der Waals surface area contributed by atoms with Gasteiger partial charge in [0.05, 0.1) is 23.0 Å². The minimum atomic E-state index is -0.337. The Kier molecular flexibility index (Phi) is 5.34. The zero-order chi connectivity index (χ0) is 20.5. The summed E-state index contributed by atoms with van der Waals surface area (Å²) in [5.41, 5.74) is 1.56. The standard InChI is InChI=1S/C22H16BrNO4S/c1-28-18-10-13(9-17(23)20(18)25)11-19-21(26)24(22(27)29-19)12-15-7-4-6-14-5-2-3-8-16(14)15/h2-11,25H,12H2,1H3/b19-11-. The van der Waals surface area contributed by atoms with E-state index in [0.717, 1.165) is 28.1 Å². The lowest BCUT2D eigenvalue weighted by molar-refractivity contribution is -0.123. The first-order chi connectivity index (χ1) is 14.0. The van der Waals surface area contributed by atoms with Gasteiger partial charge < -0.3 is 9.84 Å². The molecular weight excluding hydrogens is 454 g/mol. The summed E-state index contributed by atoms with van der Waals surface area (Å²) in [4.78, 5) is 27.0. The highest BCUT2D eigenvalue weighted by Gasteiger charge is 2.35. The lowest BCUT2D eigenvalue weighted by atomic mass is 10.0. The van der Waals surface area contributed by atoms with Crippen molar-refractivity contribution in [3.05, 3.63) is 75.1 Å². The minimum Gasteiger partial charge on any atom is -0.503 e. The molecule has 3 aromatic rings. The van der Waals surface area contributed by atoms with Crippen LogP contribution in [0, 0.1) is 0 Å². The molecule has 2 amide bonds. The van der Waals surface area contributed by atoms with E-state index in [0.29, 0.717) is 14.9 Å². The van der Waals surface area contributed by atoms with E-state index in [1.165, 1.54) is 12.0 Å². The Morgan fingerprint density at radius 3 is 2.69 bits per heavy atom. The van der Waals surface area contributed by atoms with Crippen molar-refractivity contribution >= 4 is 55.7 Å². The van der Waals surface area contributed by atoms with Gasteiger partial charge in [0.2, 0.25) is 0 Å². The van der Waals surface area contributed by atoms with Crippen molar-refractivity contribution in [3.8, 4) is 11.5 Å². The van der Waals surface area contributed by atoms with Gasteiger partial charge in [0, 0.05) is 0 Å². The van der Waals surface area contributed by atoms with Gasteiger partial charge in [0.25, 0.3) is 11.1 Å². The van der Waals surface area contributed by atoms with Crippen molar-refractivity contribution in [3.63, 3.8) is 0 Å². The van der Waals surface area contributed by atoms with Crippen LogP contribution in [0.1, 0.15) is 11.1 Å². The summed E-state index contributed by atoms with van der Waals surface area (Å²) in [7, 11) is 1.45. The quantitative estimate of drug-likeness (QED) is 0.507. The van der Waals surface area contributed by atoms with Crippen LogP contribution in [0.15, 0.2) is 64.0 Å². The van der Waals surface area contributed by atoms with Crippen LogP contribution in [-0.2, 0) is 11.3 Å². The number of imide groups is 1. The van der Waals surface area contributed by atoms with Crippen LogP contribution >= 0.6 is 27.7 Å². The van der Waals surface area contributed by atoms with Gasteiger partial charge in [-0.05, 0) is 67.8 Å². The molecule has 1 fully saturated rings. The monoisotopic (exact) mass is 469 g/mol. The first kappa shape index (κ1) is 19.5. The molecule has 0 aromatic heterocycles. The summed E-state index contributed by atoms with van der Waals surface area (Å²) in [6.45, 7) is 0.214. The fraction of sp³-hybridized carbons (Fsp3) is 0.0909. The molecule has 0 radical (unpaired) electrons. The molecule has 0 atom stereocenters. The molecule has 1 aliphatic heterocycles. The van der Waals surface area contributed by atoms with Gasteiger partial charge in [-0.15, -0.1) is 0 Å². The summed E-state index contributed by atoms with van der Waals surface area (Å²) in [6, 6.07) is 17.0. The Bertz CT molecular complexity index is 1170. The molecule has 29 heavy (non-hydrogen) atoms. The number of benzene rings is 3. The number of fused-ring (bicyclic) bond motifs is 1. The van der Waals surface area contributed by atoms with E-state index in [-0.39, 0.29) is 29.2 Å². The molecule has 0 aliphatic carbocycles. The smallest absolute Gasteiger partial charge is 0.293 e. The molecule has 4 rings (SSSR count). The molecule has 146 valence electrons. The molecule has 0 bridgehead atoms. The number of thioether (sulfide) groups is 1. The summed E-state index contributed by atoms with van der Waals surface area (Å²) in [5, 5.41) is 11.7. The normalized spacial score (nSPS) is 15.5. The number of nitrogens with zero attached hydrogens (tertiary/aromatic N) is 1. The zero-order valence-electron chi connectivity index (χ0n) is 15.4. The number of aromatic hydroxyl groups is 1. The molecule has 1 saturated heterocycles. The number of halogens is 1. The van der Waals surface area contributed by atoms with Gasteiger partial charge in [-0.2, -0.15) is 0 Å². The first-order valence-corrected chi connectivity index (χ1v) is 10.4. The van der Waals surface area contributed by atoms with Crippen LogP contribution in [0.2, 0.25) is 0 Å². The zero-order valence-corrected chi connectivity index (χ0v) is 17.8. The second kappa shape index (κ2) is 7.93. The van der Waals surface area contributed by atoms with Gasteiger partial charge in [0.15, 0.2) is 11.5 Å². The Labute approximate surface area is 180 Å². The topological polar surface area (TPSA) is 66.8 Å². The molecule has 0 unspecified atom stereocenters. The van der Waals surface area contributed by atoms with E-state index >= 15 is 0 Å². The Morgan fingerprint density at radius 1 is 1.14 bits per heavy atom. The number of rotatable bonds is 4. The number of phenols is 1. The van der Waals surface area contributed by atoms with Crippen molar-refractivity contribution < 1.29 is 19.4 Å². The summed E-state index contributed by atoms with van der Waals surface area (Å²) in [6.07, 6.45) is 1.63. The Hall–Kier alpha value is -2.77. The number of carbonyl (C=O) groups excluding carboxylic acids is 2. The van der Waals surface area contributed by atoms with Crippen molar-refractivity contribution in [2.75, 3.05) is 7.11 Å². The summed E-state index contributed by atoms with van der Waals surface area (Å²) < 4.78 is 5.58. The average molecular weight is 470 g/mol. The van der Waals surface area contributed by atoms with Gasteiger partial charge in [-0.3, -0.25) is 14.5 Å². The third-order valence-corrected chi connectivity index (χ3v) is 6.16. The number of methoxy groups -OCH3 is 1. The number of ether oxygens (including phenoxy) is 1. The van der Waals surface area contributed by atoms with Gasteiger partial charge in [-0.25, -0.2) is 0 Å². The van der Waals surface area contributed by atoms with E-state index in [1.807, 2.05) is 42.5 Å². The number of hydrogen-bond acceptors (Lipinski definition) is 5. The molecule has 0 spiro atoms. The molecule has 7 heteroatoms. The number of carbonyl (C=O) groups is 2. The van der Waals surface area contributed by atoms with Crippen LogP contribution < -0.4 is 4.74 Å². The van der Waals surface area contributed by atoms with Crippen molar-refractivity contribution in [2.45, 2.75) is 6.54 Å². The number of phenolic OH excluding ortho intramolecular Hbond substituents is 1. The Morgan fingerprint density at radius 2 is 1.90 bits per heavy atom. The fourth-order valence-electron chi connectivity index (χ4n) is 3.22. The third kappa shape index (κ3) is 3.75. The van der Waals surface area contributed by atoms with Crippen LogP contribution in [0.25, 0.3) is 16.8 Å². The van der Waals surface area contributed by atoms with Crippen LogP contribution in [0.4, 0.5) is 4.79 Å².